The van der Waals surface area contributed by atoms with Gasteiger partial charge in [0.25, 0.3) is 0 Å². The number of nitrogens with zero attached hydrogens (tertiary/aromatic N) is 1. The average molecular weight is 346 g/mol. The monoisotopic (exact) mass is 345 g/mol. The van der Waals surface area contributed by atoms with Gasteiger partial charge in [0.15, 0.2) is 0 Å². The molecule has 24 heavy (non-hydrogen) atoms. The van der Waals surface area contributed by atoms with Crippen molar-refractivity contribution in [3.8, 4) is 5.75 Å². The standard InChI is InChI=1S/C18H20ClN3O2/c1-11-9-22(16-7-6-13(20)8-17(16)24-11)10-18(23)21-15-5-3-4-14(19)12(15)2/h3-8,11H,9-10,20H2,1-2H3,(H,21,23). The van der Waals surface area contributed by atoms with Gasteiger partial charge in [0, 0.05) is 22.5 Å². The SMILES string of the molecule is Cc1c(Cl)cccc1NC(=O)CN1CC(C)Oc2cc(N)ccc21. The Labute approximate surface area is 146 Å². The number of fused-ring (bicyclic) bond motifs is 1. The summed E-state index contributed by atoms with van der Waals surface area (Å²) in [6.45, 7) is 4.72. The molecular formula is C18H20ClN3O2. The minimum Gasteiger partial charge on any atom is -0.487 e. The van der Waals surface area contributed by atoms with Gasteiger partial charge in [-0.2, -0.15) is 0 Å². The van der Waals surface area contributed by atoms with Crippen molar-refractivity contribution in [3.63, 3.8) is 0 Å². The van der Waals surface area contributed by atoms with E-state index >= 15 is 0 Å². The van der Waals surface area contributed by atoms with Crippen molar-refractivity contribution in [1.82, 2.24) is 0 Å². The van der Waals surface area contributed by atoms with Gasteiger partial charge in [0.1, 0.15) is 11.9 Å². The van der Waals surface area contributed by atoms with Crippen molar-refractivity contribution in [1.29, 1.82) is 0 Å². The molecule has 2 aromatic carbocycles. The highest BCUT2D eigenvalue weighted by Gasteiger charge is 2.24. The lowest BCUT2D eigenvalue weighted by Gasteiger charge is -2.34. The van der Waals surface area contributed by atoms with E-state index in [0.717, 1.165) is 16.9 Å². The zero-order chi connectivity index (χ0) is 17.3. The first-order chi connectivity index (χ1) is 11.4. The molecule has 0 aliphatic carbocycles. The molecule has 1 aliphatic heterocycles. The molecule has 1 amide bonds. The smallest absolute Gasteiger partial charge is 0.243 e. The number of nitrogens with one attached hydrogen (secondary N) is 1. The largest absolute Gasteiger partial charge is 0.487 e. The molecule has 0 saturated heterocycles. The number of anilines is 3. The van der Waals surface area contributed by atoms with E-state index in [2.05, 4.69) is 5.32 Å². The zero-order valence-electron chi connectivity index (χ0n) is 13.7. The summed E-state index contributed by atoms with van der Waals surface area (Å²) in [7, 11) is 0. The summed E-state index contributed by atoms with van der Waals surface area (Å²) >= 11 is 6.10. The summed E-state index contributed by atoms with van der Waals surface area (Å²) in [6, 6.07) is 10.9. The Hall–Kier alpha value is -2.40. The van der Waals surface area contributed by atoms with Crippen molar-refractivity contribution in [3.05, 3.63) is 47.0 Å². The molecule has 2 aromatic rings. The maximum atomic E-state index is 12.5. The topological polar surface area (TPSA) is 67.6 Å². The third kappa shape index (κ3) is 3.41. The maximum Gasteiger partial charge on any atom is 0.243 e. The normalized spacial score (nSPS) is 16.3. The molecule has 1 unspecified atom stereocenters. The molecule has 0 bridgehead atoms. The van der Waals surface area contributed by atoms with Crippen molar-refractivity contribution < 1.29 is 9.53 Å². The second-order valence-electron chi connectivity index (χ2n) is 6.00. The second-order valence-corrected chi connectivity index (χ2v) is 6.40. The number of hydrogen-bond acceptors (Lipinski definition) is 4. The van der Waals surface area contributed by atoms with Gasteiger partial charge in [0.05, 0.1) is 18.8 Å². The van der Waals surface area contributed by atoms with Crippen LogP contribution >= 0.6 is 11.6 Å². The van der Waals surface area contributed by atoms with Gasteiger partial charge in [-0.1, -0.05) is 17.7 Å². The van der Waals surface area contributed by atoms with Crippen molar-refractivity contribution in [2.75, 3.05) is 29.0 Å². The highest BCUT2D eigenvalue weighted by Crippen LogP contribution is 2.35. The minimum atomic E-state index is -0.0998. The molecule has 0 radical (unpaired) electrons. The third-order valence-corrected chi connectivity index (χ3v) is 4.42. The number of benzene rings is 2. The Morgan fingerprint density at radius 3 is 3.00 bits per heavy atom. The van der Waals surface area contributed by atoms with E-state index in [9.17, 15) is 4.79 Å². The van der Waals surface area contributed by atoms with Crippen LogP contribution in [0.4, 0.5) is 17.1 Å². The van der Waals surface area contributed by atoms with Crippen LogP contribution in [0, 0.1) is 6.92 Å². The van der Waals surface area contributed by atoms with Gasteiger partial charge in [-0.3, -0.25) is 4.79 Å². The number of carbonyl (C=O) groups is 1. The number of hydrogen-bond donors (Lipinski definition) is 2. The fraction of sp³-hybridized carbons (Fsp3) is 0.278. The Balaban J connectivity index is 1.76. The minimum absolute atomic E-state index is 0.0139. The van der Waals surface area contributed by atoms with Crippen LogP contribution in [-0.2, 0) is 4.79 Å². The lowest BCUT2D eigenvalue weighted by atomic mass is 10.1. The first-order valence-corrected chi connectivity index (χ1v) is 8.18. The van der Waals surface area contributed by atoms with Crippen molar-refractivity contribution >= 4 is 34.6 Å². The molecule has 126 valence electrons. The van der Waals surface area contributed by atoms with E-state index in [0.29, 0.717) is 23.0 Å². The van der Waals surface area contributed by atoms with E-state index in [1.165, 1.54) is 0 Å². The van der Waals surface area contributed by atoms with Gasteiger partial charge >= 0.3 is 0 Å². The Morgan fingerprint density at radius 2 is 2.21 bits per heavy atom. The molecule has 6 heteroatoms. The molecule has 1 heterocycles. The van der Waals surface area contributed by atoms with Crippen LogP contribution in [0.3, 0.4) is 0 Å². The molecule has 0 aromatic heterocycles. The second kappa shape index (κ2) is 6.61. The Bertz CT molecular complexity index is 779. The van der Waals surface area contributed by atoms with Crippen LogP contribution in [0.5, 0.6) is 5.75 Å². The molecule has 1 atom stereocenters. The number of ether oxygens (including phenoxy) is 1. The molecule has 3 rings (SSSR count). The Kier molecular flexibility index (Phi) is 4.53. The Morgan fingerprint density at radius 1 is 1.42 bits per heavy atom. The molecule has 5 nitrogen and oxygen atoms in total. The predicted molar refractivity (Wildman–Crippen MR) is 98.0 cm³/mol. The number of amides is 1. The lowest BCUT2D eigenvalue weighted by Crippen LogP contribution is -2.42. The number of nitrogens with two attached hydrogens (primary N) is 1. The van der Waals surface area contributed by atoms with Crippen LogP contribution in [-0.4, -0.2) is 25.1 Å². The van der Waals surface area contributed by atoms with Crippen LogP contribution in [0.25, 0.3) is 0 Å². The molecule has 3 N–H and O–H groups in total. The highest BCUT2D eigenvalue weighted by atomic mass is 35.5. The van der Waals surface area contributed by atoms with Crippen LogP contribution < -0.4 is 20.7 Å². The summed E-state index contributed by atoms with van der Waals surface area (Å²) < 4.78 is 5.81. The van der Waals surface area contributed by atoms with Gasteiger partial charge < -0.3 is 20.7 Å². The molecule has 1 aliphatic rings. The predicted octanol–water partition coefficient (Wildman–Crippen LogP) is 3.46. The van der Waals surface area contributed by atoms with Gasteiger partial charge in [-0.15, -0.1) is 0 Å². The van der Waals surface area contributed by atoms with Crippen molar-refractivity contribution in [2.24, 2.45) is 0 Å². The quantitative estimate of drug-likeness (QED) is 0.836. The lowest BCUT2D eigenvalue weighted by molar-refractivity contribution is -0.115. The fourth-order valence-electron chi connectivity index (χ4n) is 2.80. The molecule has 0 fully saturated rings. The first-order valence-electron chi connectivity index (χ1n) is 7.80. The zero-order valence-corrected chi connectivity index (χ0v) is 14.4. The summed E-state index contributed by atoms with van der Waals surface area (Å²) in [5, 5.41) is 3.56. The van der Waals surface area contributed by atoms with Gasteiger partial charge in [-0.05, 0) is 43.7 Å². The maximum absolute atomic E-state index is 12.5. The average Bonchev–Trinajstić information content (AvgIpc) is 2.51. The first kappa shape index (κ1) is 16.5. The van der Waals surface area contributed by atoms with E-state index < -0.39 is 0 Å². The van der Waals surface area contributed by atoms with E-state index in [1.54, 1.807) is 12.1 Å². The number of halogens is 1. The third-order valence-electron chi connectivity index (χ3n) is 4.01. The number of rotatable bonds is 3. The fourth-order valence-corrected chi connectivity index (χ4v) is 2.98. The van der Waals surface area contributed by atoms with Crippen LogP contribution in [0.15, 0.2) is 36.4 Å². The summed E-state index contributed by atoms with van der Waals surface area (Å²) in [4.78, 5) is 14.5. The number of carbonyl (C=O) groups excluding carboxylic acids is 1. The van der Waals surface area contributed by atoms with Gasteiger partial charge in [0.2, 0.25) is 5.91 Å². The molecule has 0 saturated carbocycles. The number of nitrogen functional groups attached to an aromatic ring is 1. The van der Waals surface area contributed by atoms with Gasteiger partial charge in [-0.25, -0.2) is 0 Å². The van der Waals surface area contributed by atoms with Crippen molar-refractivity contribution in [2.45, 2.75) is 20.0 Å². The molecule has 0 spiro atoms. The summed E-state index contributed by atoms with van der Waals surface area (Å²) in [5.74, 6) is 0.609. The molecular weight excluding hydrogens is 326 g/mol. The highest BCUT2D eigenvalue weighted by molar-refractivity contribution is 6.31. The van der Waals surface area contributed by atoms with Crippen LogP contribution in [0.2, 0.25) is 5.02 Å². The van der Waals surface area contributed by atoms with E-state index in [4.69, 9.17) is 22.1 Å². The van der Waals surface area contributed by atoms with Crippen LogP contribution in [0.1, 0.15) is 12.5 Å². The summed E-state index contributed by atoms with van der Waals surface area (Å²) in [6.07, 6.45) is -0.0139. The summed E-state index contributed by atoms with van der Waals surface area (Å²) in [5.41, 5.74) is 8.92. The van der Waals surface area contributed by atoms with E-state index in [1.807, 2.05) is 43.0 Å². The van der Waals surface area contributed by atoms with E-state index in [-0.39, 0.29) is 18.6 Å².